The van der Waals surface area contributed by atoms with Crippen molar-refractivity contribution < 1.29 is 0 Å². The molecule has 0 aliphatic heterocycles. The maximum absolute atomic E-state index is 5.78. The second-order valence-electron chi connectivity index (χ2n) is 11.8. The van der Waals surface area contributed by atoms with E-state index in [-0.39, 0.29) is 5.54 Å². The van der Waals surface area contributed by atoms with Crippen LogP contribution in [-0.2, 0) is 0 Å². The molecule has 0 saturated heterocycles. The Labute approximate surface area is 235 Å². The summed E-state index contributed by atoms with van der Waals surface area (Å²) in [7, 11) is 0. The van der Waals surface area contributed by atoms with Crippen LogP contribution in [0.4, 0.5) is 0 Å². The lowest BCUT2D eigenvalue weighted by Gasteiger charge is -2.56. The van der Waals surface area contributed by atoms with Crippen LogP contribution in [0.25, 0.3) is 0 Å². The first-order chi connectivity index (χ1) is 18.7. The highest BCUT2D eigenvalue weighted by molar-refractivity contribution is 5.11. The van der Waals surface area contributed by atoms with Crippen LogP contribution in [0.1, 0.15) is 78.1 Å². The van der Waals surface area contributed by atoms with E-state index in [9.17, 15) is 0 Å². The summed E-state index contributed by atoms with van der Waals surface area (Å²) < 4.78 is 0. The number of hydrogen-bond donors (Lipinski definition) is 8. The number of hydrogen-bond acceptors (Lipinski definition) is 8. The topological polar surface area (TPSA) is 124 Å². The van der Waals surface area contributed by atoms with Gasteiger partial charge in [0, 0.05) is 5.54 Å². The molecular formula is C30H66N8. The molecule has 0 aromatic rings. The molecule has 2 fully saturated rings. The average molecular weight is 539 g/mol. The van der Waals surface area contributed by atoms with Gasteiger partial charge >= 0.3 is 0 Å². The van der Waals surface area contributed by atoms with E-state index in [1.807, 2.05) is 0 Å². The van der Waals surface area contributed by atoms with Gasteiger partial charge in [-0.1, -0.05) is 20.3 Å². The lowest BCUT2D eigenvalue weighted by atomic mass is 9.54. The number of rotatable bonds is 26. The Balaban J connectivity index is 2.01. The van der Waals surface area contributed by atoms with Crippen LogP contribution in [0.3, 0.4) is 0 Å². The lowest BCUT2D eigenvalue weighted by Crippen LogP contribution is -2.65. The summed E-state index contributed by atoms with van der Waals surface area (Å²) in [4.78, 5) is 0. The molecule has 2 aliphatic rings. The predicted molar refractivity (Wildman–Crippen MR) is 165 cm³/mol. The largest absolute Gasteiger partial charge is 0.330 e. The molecule has 8 nitrogen and oxygen atoms in total. The van der Waals surface area contributed by atoms with Crippen LogP contribution < -0.4 is 43.4 Å². The fourth-order valence-corrected chi connectivity index (χ4v) is 7.02. The van der Waals surface area contributed by atoms with Gasteiger partial charge in [-0.2, -0.15) is 0 Å². The van der Waals surface area contributed by atoms with E-state index >= 15 is 0 Å². The highest BCUT2D eigenvalue weighted by Crippen LogP contribution is 2.53. The SMILES string of the molecule is CCNCCCCNCC1CCCC1(NCCCCNCC)C1CC(CNCCCN)C1CNCCCN. The number of nitrogens with two attached hydrogens (primary N) is 2. The Hall–Kier alpha value is -0.320. The smallest absolute Gasteiger partial charge is 0.0253 e. The molecule has 0 bridgehead atoms. The van der Waals surface area contributed by atoms with Crippen LogP contribution in [0.5, 0.6) is 0 Å². The number of unbranched alkanes of at least 4 members (excludes halogenated alkanes) is 2. The first kappa shape index (κ1) is 33.9. The van der Waals surface area contributed by atoms with Gasteiger partial charge in [0.15, 0.2) is 0 Å². The maximum Gasteiger partial charge on any atom is 0.0253 e. The maximum atomic E-state index is 5.78. The van der Waals surface area contributed by atoms with Gasteiger partial charge in [-0.15, -0.1) is 0 Å². The zero-order valence-electron chi connectivity index (χ0n) is 25.2. The molecule has 5 unspecified atom stereocenters. The molecule has 0 spiro atoms. The summed E-state index contributed by atoms with van der Waals surface area (Å²) in [5, 5.41) is 22.6. The lowest BCUT2D eigenvalue weighted by molar-refractivity contribution is -0.0274. The molecule has 0 radical (unpaired) electrons. The molecular weight excluding hydrogens is 472 g/mol. The average Bonchev–Trinajstić information content (AvgIpc) is 3.31. The van der Waals surface area contributed by atoms with Gasteiger partial charge in [-0.05, 0) is 167 Å². The van der Waals surface area contributed by atoms with Gasteiger partial charge < -0.3 is 43.4 Å². The summed E-state index contributed by atoms with van der Waals surface area (Å²) >= 11 is 0. The van der Waals surface area contributed by atoms with Crippen molar-refractivity contribution in [3.05, 3.63) is 0 Å². The van der Waals surface area contributed by atoms with Crippen molar-refractivity contribution in [2.75, 3.05) is 85.1 Å². The minimum atomic E-state index is 0.281. The normalized spacial score (nSPS) is 27.2. The first-order valence-electron chi connectivity index (χ1n) is 16.4. The van der Waals surface area contributed by atoms with E-state index in [2.05, 4.69) is 45.7 Å². The Morgan fingerprint density at radius 1 is 0.658 bits per heavy atom. The van der Waals surface area contributed by atoms with Crippen LogP contribution >= 0.6 is 0 Å². The van der Waals surface area contributed by atoms with Crippen molar-refractivity contribution in [1.82, 2.24) is 31.9 Å². The fourth-order valence-electron chi connectivity index (χ4n) is 7.02. The van der Waals surface area contributed by atoms with E-state index in [1.54, 1.807) is 0 Å². The zero-order chi connectivity index (χ0) is 27.3. The third kappa shape index (κ3) is 11.7. The van der Waals surface area contributed by atoms with Crippen molar-refractivity contribution >= 4 is 0 Å². The summed E-state index contributed by atoms with van der Waals surface area (Å²) in [5.74, 6) is 2.97. The minimum absolute atomic E-state index is 0.281. The van der Waals surface area contributed by atoms with Crippen molar-refractivity contribution in [3.63, 3.8) is 0 Å². The van der Waals surface area contributed by atoms with Crippen LogP contribution in [0.15, 0.2) is 0 Å². The Bertz CT molecular complexity index is 550. The van der Waals surface area contributed by atoms with Gasteiger partial charge in [0.05, 0.1) is 0 Å². The molecule has 10 N–H and O–H groups in total. The minimum Gasteiger partial charge on any atom is -0.330 e. The molecule has 2 saturated carbocycles. The summed E-state index contributed by atoms with van der Waals surface area (Å²) in [6.45, 7) is 18.1. The van der Waals surface area contributed by atoms with Crippen molar-refractivity contribution in [3.8, 4) is 0 Å². The van der Waals surface area contributed by atoms with Crippen LogP contribution in [0.2, 0.25) is 0 Å². The predicted octanol–water partition coefficient (Wildman–Crippen LogP) is 1.61. The second-order valence-corrected chi connectivity index (χ2v) is 11.8. The van der Waals surface area contributed by atoms with Gasteiger partial charge in [0.25, 0.3) is 0 Å². The van der Waals surface area contributed by atoms with Gasteiger partial charge in [-0.25, -0.2) is 0 Å². The molecule has 38 heavy (non-hydrogen) atoms. The highest BCUT2D eigenvalue weighted by Gasteiger charge is 2.56. The molecule has 8 heteroatoms. The quantitative estimate of drug-likeness (QED) is 0.0782. The fraction of sp³-hybridized carbons (Fsp3) is 1.00. The van der Waals surface area contributed by atoms with E-state index < -0.39 is 0 Å². The molecule has 0 aromatic carbocycles. The second kappa shape index (κ2) is 21.4. The van der Waals surface area contributed by atoms with E-state index in [4.69, 9.17) is 11.5 Å². The third-order valence-electron chi connectivity index (χ3n) is 9.20. The van der Waals surface area contributed by atoms with Crippen molar-refractivity contribution in [2.45, 2.75) is 83.6 Å². The molecule has 5 atom stereocenters. The summed E-state index contributed by atoms with van der Waals surface area (Å²) in [6.07, 6.45) is 12.6. The van der Waals surface area contributed by atoms with E-state index in [0.717, 1.165) is 122 Å². The van der Waals surface area contributed by atoms with E-state index in [0.29, 0.717) is 0 Å². The number of nitrogens with one attached hydrogen (secondary N) is 6. The monoisotopic (exact) mass is 539 g/mol. The van der Waals surface area contributed by atoms with E-state index in [1.165, 1.54) is 51.4 Å². The summed E-state index contributed by atoms with van der Waals surface area (Å²) in [6, 6.07) is 0. The third-order valence-corrected chi connectivity index (χ3v) is 9.20. The Morgan fingerprint density at radius 3 is 1.84 bits per heavy atom. The highest BCUT2D eigenvalue weighted by atomic mass is 15.0. The molecule has 226 valence electrons. The summed E-state index contributed by atoms with van der Waals surface area (Å²) in [5.41, 5.74) is 11.8. The molecule has 0 amide bonds. The van der Waals surface area contributed by atoms with Gasteiger partial charge in [0.2, 0.25) is 0 Å². The molecule has 2 aliphatic carbocycles. The van der Waals surface area contributed by atoms with Crippen LogP contribution in [-0.4, -0.2) is 90.6 Å². The van der Waals surface area contributed by atoms with Crippen molar-refractivity contribution in [2.24, 2.45) is 35.1 Å². The first-order valence-corrected chi connectivity index (χ1v) is 16.4. The standard InChI is InChI=1S/C30H66N8/c1-3-33-16-5-6-18-36-24-27-12-9-13-30(27,38-21-8-7-17-34-4-2)29-22-26(23-35-19-10-14-31)28(29)25-37-20-11-15-32/h26-29,33-38H,3-25,31-32H2,1-2H3. The molecule has 0 heterocycles. The van der Waals surface area contributed by atoms with Gasteiger partial charge in [-0.3, -0.25) is 0 Å². The molecule has 0 aromatic heterocycles. The zero-order valence-corrected chi connectivity index (χ0v) is 25.2. The van der Waals surface area contributed by atoms with Gasteiger partial charge in [0.1, 0.15) is 0 Å². The molecule has 2 rings (SSSR count). The Kier molecular flexibility index (Phi) is 19.1. The van der Waals surface area contributed by atoms with Crippen molar-refractivity contribution in [1.29, 1.82) is 0 Å². The van der Waals surface area contributed by atoms with Crippen LogP contribution in [0, 0.1) is 23.7 Å². The Morgan fingerprint density at radius 2 is 1.21 bits per heavy atom.